The molecule has 0 saturated carbocycles. The summed E-state index contributed by atoms with van der Waals surface area (Å²) in [6.07, 6.45) is 3.48. The number of ether oxygens (including phenoxy) is 1. The molecule has 8 heteroatoms. The van der Waals surface area contributed by atoms with E-state index in [9.17, 15) is 19.2 Å². The van der Waals surface area contributed by atoms with Crippen LogP contribution in [0.1, 0.15) is 32.3 Å². The fraction of sp³-hybridized carbons (Fsp3) is 0.400. The van der Waals surface area contributed by atoms with Crippen molar-refractivity contribution in [3.05, 3.63) is 34.7 Å². The second-order valence-electron chi connectivity index (χ2n) is 6.99. The number of hydrogen-bond donors (Lipinski definition) is 0. The van der Waals surface area contributed by atoms with Crippen LogP contribution in [0.2, 0.25) is 0 Å². The van der Waals surface area contributed by atoms with Crippen LogP contribution in [0.5, 0.6) is 5.75 Å². The van der Waals surface area contributed by atoms with E-state index in [4.69, 9.17) is 4.74 Å². The highest BCUT2D eigenvalue weighted by Crippen LogP contribution is 2.32. The zero-order valence-corrected chi connectivity index (χ0v) is 16.7. The Hall–Kier alpha value is -2.61. The van der Waals surface area contributed by atoms with Crippen molar-refractivity contribution in [2.75, 3.05) is 19.6 Å². The van der Waals surface area contributed by atoms with E-state index in [1.54, 1.807) is 35.2 Å². The molecule has 2 fully saturated rings. The van der Waals surface area contributed by atoms with E-state index in [-0.39, 0.29) is 17.4 Å². The van der Waals surface area contributed by atoms with Crippen molar-refractivity contribution in [2.45, 2.75) is 26.7 Å². The van der Waals surface area contributed by atoms with Gasteiger partial charge in [-0.05, 0) is 54.3 Å². The van der Waals surface area contributed by atoms with Crippen LogP contribution in [0, 0.1) is 5.92 Å². The Morgan fingerprint density at radius 3 is 2.43 bits per heavy atom. The zero-order chi connectivity index (χ0) is 20.3. The maximum Gasteiger partial charge on any atom is 0.308 e. The van der Waals surface area contributed by atoms with Crippen LogP contribution in [0.15, 0.2) is 29.2 Å². The summed E-state index contributed by atoms with van der Waals surface area (Å²) < 4.78 is 4.97. The molecule has 0 atom stereocenters. The summed E-state index contributed by atoms with van der Waals surface area (Å²) in [7, 11) is 0. The number of thioether (sulfide) groups is 1. The molecule has 0 radical (unpaired) electrons. The molecule has 28 heavy (non-hydrogen) atoms. The third-order valence-electron chi connectivity index (χ3n) is 4.74. The molecule has 2 heterocycles. The SMILES string of the molecule is CC(=O)Oc1ccc(/C=C2/SC(=O)N(CC(=O)N3CCC(C)CC3)C2=O)cc1. The van der Waals surface area contributed by atoms with Gasteiger partial charge < -0.3 is 9.64 Å². The number of piperidine rings is 1. The maximum atomic E-state index is 12.6. The first-order valence-electron chi connectivity index (χ1n) is 9.15. The normalized spacial score (nSPS) is 19.4. The van der Waals surface area contributed by atoms with Gasteiger partial charge in [0.15, 0.2) is 0 Å². The van der Waals surface area contributed by atoms with Crippen molar-refractivity contribution in [2.24, 2.45) is 5.92 Å². The molecule has 0 bridgehead atoms. The molecule has 0 aromatic heterocycles. The number of benzene rings is 1. The van der Waals surface area contributed by atoms with Crippen molar-refractivity contribution in [1.29, 1.82) is 0 Å². The molecule has 1 aromatic carbocycles. The number of carbonyl (C=O) groups is 4. The van der Waals surface area contributed by atoms with Gasteiger partial charge in [0.25, 0.3) is 11.1 Å². The number of rotatable bonds is 4. The van der Waals surface area contributed by atoms with Gasteiger partial charge in [0.2, 0.25) is 5.91 Å². The van der Waals surface area contributed by atoms with E-state index in [0.29, 0.717) is 30.3 Å². The molecular formula is C20H22N2O5S. The zero-order valence-electron chi connectivity index (χ0n) is 15.8. The highest BCUT2D eigenvalue weighted by atomic mass is 32.2. The minimum absolute atomic E-state index is 0.193. The molecule has 0 spiro atoms. The summed E-state index contributed by atoms with van der Waals surface area (Å²) in [5.41, 5.74) is 0.692. The number of esters is 1. The Morgan fingerprint density at radius 2 is 1.82 bits per heavy atom. The van der Waals surface area contributed by atoms with Crippen LogP contribution in [-0.2, 0) is 14.4 Å². The van der Waals surface area contributed by atoms with Gasteiger partial charge in [0.1, 0.15) is 12.3 Å². The Balaban J connectivity index is 1.65. The summed E-state index contributed by atoms with van der Waals surface area (Å²) >= 11 is 0.823. The molecule has 0 unspecified atom stereocenters. The van der Waals surface area contributed by atoms with Crippen molar-refractivity contribution >= 4 is 40.9 Å². The van der Waals surface area contributed by atoms with Gasteiger partial charge in [0.05, 0.1) is 4.91 Å². The standard InChI is InChI=1S/C20H22N2O5S/c1-13-7-9-21(10-8-13)18(24)12-22-19(25)17(28-20(22)26)11-15-3-5-16(6-4-15)27-14(2)23/h3-6,11,13H,7-10,12H2,1-2H3/b17-11+. The number of amides is 3. The molecule has 2 saturated heterocycles. The number of likely N-dealkylation sites (tertiary alicyclic amines) is 1. The summed E-state index contributed by atoms with van der Waals surface area (Å²) in [6, 6.07) is 6.59. The lowest BCUT2D eigenvalue weighted by Gasteiger charge is -2.31. The van der Waals surface area contributed by atoms with Crippen molar-refractivity contribution in [3.63, 3.8) is 0 Å². The summed E-state index contributed by atoms with van der Waals surface area (Å²) in [4.78, 5) is 51.2. The van der Waals surface area contributed by atoms with Gasteiger partial charge in [-0.25, -0.2) is 0 Å². The fourth-order valence-electron chi connectivity index (χ4n) is 3.08. The van der Waals surface area contributed by atoms with Crippen LogP contribution in [0.3, 0.4) is 0 Å². The van der Waals surface area contributed by atoms with Gasteiger partial charge in [-0.3, -0.25) is 24.1 Å². The topological polar surface area (TPSA) is 84.0 Å². The molecular weight excluding hydrogens is 380 g/mol. The first-order chi connectivity index (χ1) is 13.3. The predicted molar refractivity (Wildman–Crippen MR) is 105 cm³/mol. The molecule has 2 aliphatic rings. The molecule has 7 nitrogen and oxygen atoms in total. The average molecular weight is 402 g/mol. The number of hydrogen-bond acceptors (Lipinski definition) is 6. The predicted octanol–water partition coefficient (Wildman–Crippen LogP) is 2.91. The van der Waals surface area contributed by atoms with E-state index in [1.165, 1.54) is 6.92 Å². The van der Waals surface area contributed by atoms with Gasteiger partial charge in [-0.1, -0.05) is 19.1 Å². The first-order valence-corrected chi connectivity index (χ1v) is 9.97. The molecule has 0 aliphatic carbocycles. The highest BCUT2D eigenvalue weighted by Gasteiger charge is 2.37. The van der Waals surface area contributed by atoms with Crippen molar-refractivity contribution in [1.82, 2.24) is 9.80 Å². The van der Waals surface area contributed by atoms with Crippen molar-refractivity contribution < 1.29 is 23.9 Å². The quantitative estimate of drug-likeness (QED) is 0.437. The lowest BCUT2D eigenvalue weighted by molar-refractivity contribution is -0.136. The number of nitrogens with zero attached hydrogens (tertiary/aromatic N) is 2. The largest absolute Gasteiger partial charge is 0.427 e. The second kappa shape index (κ2) is 8.60. The van der Waals surface area contributed by atoms with E-state index in [2.05, 4.69) is 6.92 Å². The Labute approximate surface area is 167 Å². The fourth-order valence-corrected chi connectivity index (χ4v) is 3.92. The van der Waals surface area contributed by atoms with E-state index < -0.39 is 17.1 Å². The van der Waals surface area contributed by atoms with Crippen LogP contribution < -0.4 is 4.74 Å². The molecule has 148 valence electrons. The van der Waals surface area contributed by atoms with E-state index in [1.807, 2.05) is 0 Å². The summed E-state index contributed by atoms with van der Waals surface area (Å²) in [5.74, 6) is -0.0729. The lowest BCUT2D eigenvalue weighted by atomic mass is 9.99. The Morgan fingerprint density at radius 1 is 1.18 bits per heavy atom. The van der Waals surface area contributed by atoms with E-state index in [0.717, 1.165) is 29.5 Å². The molecule has 3 rings (SSSR count). The summed E-state index contributed by atoms with van der Waals surface area (Å²) in [6.45, 7) is 4.58. The molecule has 0 N–H and O–H groups in total. The molecule has 3 amide bonds. The van der Waals surface area contributed by atoms with E-state index >= 15 is 0 Å². The van der Waals surface area contributed by atoms with Gasteiger partial charge >= 0.3 is 5.97 Å². The first kappa shape index (κ1) is 20.1. The third-order valence-corrected chi connectivity index (χ3v) is 5.65. The molecule has 1 aromatic rings. The highest BCUT2D eigenvalue weighted by molar-refractivity contribution is 8.18. The Kier molecular flexibility index (Phi) is 6.18. The van der Waals surface area contributed by atoms with Crippen LogP contribution in [0.25, 0.3) is 6.08 Å². The van der Waals surface area contributed by atoms with Gasteiger partial charge in [-0.15, -0.1) is 0 Å². The number of carbonyl (C=O) groups excluding carboxylic acids is 4. The number of imide groups is 1. The van der Waals surface area contributed by atoms with Crippen LogP contribution in [-0.4, -0.2) is 52.5 Å². The Bertz CT molecular complexity index is 826. The lowest BCUT2D eigenvalue weighted by Crippen LogP contribution is -2.45. The van der Waals surface area contributed by atoms with Crippen LogP contribution in [0.4, 0.5) is 4.79 Å². The van der Waals surface area contributed by atoms with Crippen LogP contribution >= 0.6 is 11.8 Å². The minimum atomic E-state index is -0.460. The van der Waals surface area contributed by atoms with Gasteiger partial charge in [-0.2, -0.15) is 0 Å². The molecule has 2 aliphatic heterocycles. The second-order valence-corrected chi connectivity index (χ2v) is 7.99. The third kappa shape index (κ3) is 4.81. The maximum absolute atomic E-state index is 12.6. The summed E-state index contributed by atoms with van der Waals surface area (Å²) in [5, 5.41) is -0.438. The smallest absolute Gasteiger partial charge is 0.308 e. The van der Waals surface area contributed by atoms with Crippen molar-refractivity contribution in [3.8, 4) is 5.75 Å². The van der Waals surface area contributed by atoms with Gasteiger partial charge in [0, 0.05) is 20.0 Å². The average Bonchev–Trinajstić information content (AvgIpc) is 2.91. The minimum Gasteiger partial charge on any atom is -0.427 e. The monoisotopic (exact) mass is 402 g/mol.